The average molecular weight is 415 g/mol. The highest BCUT2D eigenvalue weighted by molar-refractivity contribution is 5.92. The van der Waals surface area contributed by atoms with Gasteiger partial charge in [0, 0.05) is 38.9 Å². The van der Waals surface area contributed by atoms with E-state index in [1.807, 2.05) is 6.07 Å². The van der Waals surface area contributed by atoms with Gasteiger partial charge in [0.05, 0.1) is 5.56 Å². The molecule has 0 unspecified atom stereocenters. The summed E-state index contributed by atoms with van der Waals surface area (Å²) in [6.07, 6.45) is 3.75. The minimum absolute atomic E-state index is 0.438. The first kappa shape index (κ1) is 21.1. The highest BCUT2D eigenvalue weighted by atomic mass is 16.1. The molecule has 31 heavy (non-hydrogen) atoms. The topological polar surface area (TPSA) is 62.5 Å². The van der Waals surface area contributed by atoms with Gasteiger partial charge in [-0.3, -0.25) is 9.69 Å². The molecule has 2 heterocycles. The summed E-state index contributed by atoms with van der Waals surface area (Å²) >= 11 is 0. The molecule has 2 aromatic carbocycles. The molecule has 5 nitrogen and oxygen atoms in total. The maximum Gasteiger partial charge on any atom is 0.250 e. The van der Waals surface area contributed by atoms with Crippen LogP contribution in [0.25, 0.3) is 0 Å². The first-order valence-electron chi connectivity index (χ1n) is 11.0. The largest absolute Gasteiger partial charge is 0.366 e. The highest BCUT2D eigenvalue weighted by Gasteiger charge is 2.21. The fraction of sp³-hybridized carbons (Fsp3) is 0.308. The van der Waals surface area contributed by atoms with Crippen LogP contribution in [-0.4, -0.2) is 48.5 Å². The van der Waals surface area contributed by atoms with Gasteiger partial charge in [0.25, 0.3) is 0 Å². The summed E-state index contributed by atoms with van der Waals surface area (Å²) in [6.45, 7) is 4.99. The second-order valence-corrected chi connectivity index (χ2v) is 8.30. The molecule has 0 bridgehead atoms. The van der Waals surface area contributed by atoms with Gasteiger partial charge in [-0.15, -0.1) is 0 Å². The number of pyridine rings is 1. The molecular formula is C26H30N4O. The number of primary amides is 1. The van der Waals surface area contributed by atoms with Crippen molar-refractivity contribution >= 4 is 11.7 Å². The summed E-state index contributed by atoms with van der Waals surface area (Å²) in [4.78, 5) is 20.5. The zero-order valence-electron chi connectivity index (χ0n) is 17.9. The number of carbonyl (C=O) groups excluding carboxylic acids is 1. The van der Waals surface area contributed by atoms with Crippen LogP contribution in [0.2, 0.25) is 0 Å². The lowest BCUT2D eigenvalue weighted by Crippen LogP contribution is -2.48. The van der Waals surface area contributed by atoms with E-state index in [0.717, 1.165) is 51.4 Å². The van der Waals surface area contributed by atoms with Crippen molar-refractivity contribution in [2.24, 2.45) is 11.7 Å². The molecule has 1 fully saturated rings. The molecule has 4 rings (SSSR count). The summed E-state index contributed by atoms with van der Waals surface area (Å²) < 4.78 is 0. The van der Waals surface area contributed by atoms with Crippen LogP contribution in [0.1, 0.15) is 21.5 Å². The van der Waals surface area contributed by atoms with Crippen molar-refractivity contribution in [2.45, 2.75) is 12.8 Å². The molecule has 0 spiro atoms. The summed E-state index contributed by atoms with van der Waals surface area (Å²) in [5, 5.41) is 0. The Morgan fingerprint density at radius 3 is 1.90 bits per heavy atom. The van der Waals surface area contributed by atoms with Gasteiger partial charge in [0.1, 0.15) is 5.82 Å². The van der Waals surface area contributed by atoms with Gasteiger partial charge >= 0.3 is 0 Å². The smallest absolute Gasteiger partial charge is 0.250 e. The molecule has 3 aromatic rings. The van der Waals surface area contributed by atoms with E-state index in [1.54, 1.807) is 12.3 Å². The van der Waals surface area contributed by atoms with E-state index in [2.05, 4.69) is 75.4 Å². The third-order valence-electron chi connectivity index (χ3n) is 5.98. The van der Waals surface area contributed by atoms with E-state index in [4.69, 9.17) is 5.73 Å². The normalized spacial score (nSPS) is 14.7. The zero-order valence-corrected chi connectivity index (χ0v) is 17.9. The van der Waals surface area contributed by atoms with Crippen molar-refractivity contribution in [3.8, 4) is 0 Å². The summed E-state index contributed by atoms with van der Waals surface area (Å²) in [6, 6.07) is 25.3. The maximum absolute atomic E-state index is 11.3. The molecule has 0 aliphatic carbocycles. The molecular weight excluding hydrogens is 384 g/mol. The van der Waals surface area contributed by atoms with Gasteiger partial charge in [-0.25, -0.2) is 4.98 Å². The van der Waals surface area contributed by atoms with E-state index in [0.29, 0.717) is 11.5 Å². The minimum atomic E-state index is -0.438. The van der Waals surface area contributed by atoms with Crippen molar-refractivity contribution in [3.05, 3.63) is 95.7 Å². The van der Waals surface area contributed by atoms with Crippen LogP contribution >= 0.6 is 0 Å². The van der Waals surface area contributed by atoms with Gasteiger partial charge in [-0.1, -0.05) is 60.7 Å². The SMILES string of the molecule is NC(=O)c1ccc(N2CCN(CC(Cc3ccccc3)Cc3ccccc3)CC2)nc1. The monoisotopic (exact) mass is 414 g/mol. The Hall–Kier alpha value is -3.18. The summed E-state index contributed by atoms with van der Waals surface area (Å²) in [5.74, 6) is 1.05. The molecule has 0 saturated carbocycles. The van der Waals surface area contributed by atoms with Crippen LogP contribution < -0.4 is 10.6 Å². The predicted molar refractivity (Wildman–Crippen MR) is 125 cm³/mol. The number of carbonyl (C=O) groups is 1. The fourth-order valence-corrected chi connectivity index (χ4v) is 4.34. The minimum Gasteiger partial charge on any atom is -0.366 e. The van der Waals surface area contributed by atoms with Crippen molar-refractivity contribution in [2.75, 3.05) is 37.6 Å². The Morgan fingerprint density at radius 1 is 0.839 bits per heavy atom. The van der Waals surface area contributed by atoms with Crippen molar-refractivity contribution in [1.82, 2.24) is 9.88 Å². The van der Waals surface area contributed by atoms with Gasteiger partial charge < -0.3 is 10.6 Å². The lowest BCUT2D eigenvalue weighted by Gasteiger charge is -2.37. The Morgan fingerprint density at radius 2 is 1.42 bits per heavy atom. The number of nitrogens with two attached hydrogens (primary N) is 1. The number of rotatable bonds is 8. The highest BCUT2D eigenvalue weighted by Crippen LogP contribution is 2.19. The van der Waals surface area contributed by atoms with E-state index < -0.39 is 5.91 Å². The lowest BCUT2D eigenvalue weighted by molar-refractivity contribution is 0.1000. The number of amides is 1. The van der Waals surface area contributed by atoms with E-state index in [-0.39, 0.29) is 0 Å². The Bertz CT molecular complexity index is 910. The van der Waals surface area contributed by atoms with Crippen LogP contribution in [0.5, 0.6) is 0 Å². The van der Waals surface area contributed by atoms with E-state index >= 15 is 0 Å². The van der Waals surface area contributed by atoms with Gasteiger partial charge in [0.2, 0.25) is 5.91 Å². The van der Waals surface area contributed by atoms with E-state index in [9.17, 15) is 4.79 Å². The molecule has 1 aliphatic heterocycles. The van der Waals surface area contributed by atoms with Gasteiger partial charge in [-0.05, 0) is 42.0 Å². The second kappa shape index (κ2) is 10.2. The predicted octanol–water partition coefficient (Wildman–Crippen LogP) is 3.40. The Kier molecular flexibility index (Phi) is 6.95. The second-order valence-electron chi connectivity index (χ2n) is 8.30. The zero-order chi connectivity index (χ0) is 21.5. The Balaban J connectivity index is 1.36. The van der Waals surface area contributed by atoms with Crippen molar-refractivity contribution < 1.29 is 4.79 Å². The molecule has 2 N–H and O–H groups in total. The number of aromatic nitrogens is 1. The number of hydrogen-bond acceptors (Lipinski definition) is 4. The lowest BCUT2D eigenvalue weighted by atomic mass is 9.92. The molecule has 160 valence electrons. The number of hydrogen-bond donors (Lipinski definition) is 1. The molecule has 0 radical (unpaired) electrons. The van der Waals surface area contributed by atoms with E-state index in [1.165, 1.54) is 11.1 Å². The molecule has 1 aromatic heterocycles. The van der Waals surface area contributed by atoms with Crippen LogP contribution in [-0.2, 0) is 12.8 Å². The first-order valence-corrected chi connectivity index (χ1v) is 11.0. The Labute approximate surface area is 184 Å². The average Bonchev–Trinajstić information content (AvgIpc) is 2.81. The summed E-state index contributed by atoms with van der Waals surface area (Å²) in [7, 11) is 0. The number of anilines is 1. The number of benzene rings is 2. The van der Waals surface area contributed by atoms with Crippen molar-refractivity contribution in [3.63, 3.8) is 0 Å². The van der Waals surface area contributed by atoms with Crippen LogP contribution in [0.15, 0.2) is 79.0 Å². The third-order valence-corrected chi connectivity index (χ3v) is 5.98. The first-order chi connectivity index (χ1) is 15.2. The summed E-state index contributed by atoms with van der Waals surface area (Å²) in [5.41, 5.74) is 8.58. The molecule has 0 atom stereocenters. The molecule has 1 aliphatic rings. The number of piperazine rings is 1. The quantitative estimate of drug-likeness (QED) is 0.614. The fourth-order valence-electron chi connectivity index (χ4n) is 4.34. The van der Waals surface area contributed by atoms with Crippen molar-refractivity contribution in [1.29, 1.82) is 0 Å². The molecule has 1 saturated heterocycles. The van der Waals surface area contributed by atoms with Gasteiger partial charge in [-0.2, -0.15) is 0 Å². The van der Waals surface area contributed by atoms with Crippen LogP contribution in [0.3, 0.4) is 0 Å². The van der Waals surface area contributed by atoms with Crippen LogP contribution in [0, 0.1) is 5.92 Å². The number of nitrogens with zero attached hydrogens (tertiary/aromatic N) is 3. The molecule has 1 amide bonds. The molecule has 5 heteroatoms. The third kappa shape index (κ3) is 5.92. The standard InChI is InChI=1S/C26H30N4O/c27-26(31)24-11-12-25(28-19-24)30-15-13-29(14-16-30)20-23(17-21-7-3-1-4-8-21)18-22-9-5-2-6-10-22/h1-12,19,23H,13-18,20H2,(H2,27,31). The maximum atomic E-state index is 11.3. The van der Waals surface area contributed by atoms with Gasteiger partial charge in [0.15, 0.2) is 0 Å². The van der Waals surface area contributed by atoms with Crippen LogP contribution in [0.4, 0.5) is 5.82 Å².